The highest BCUT2D eigenvalue weighted by molar-refractivity contribution is 7.80. The fourth-order valence-electron chi connectivity index (χ4n) is 1.61. The average Bonchev–Trinajstić information content (AvgIpc) is 2.36. The molecular formula is C13H11Cl2N3OS. The van der Waals surface area contributed by atoms with Crippen LogP contribution in [0.1, 0.15) is 16.8 Å². The Morgan fingerprint density at radius 3 is 2.55 bits per heavy atom. The molecule has 1 aromatic carbocycles. The lowest BCUT2D eigenvalue weighted by Gasteiger charge is -2.13. The van der Waals surface area contributed by atoms with Crippen LogP contribution in [0.3, 0.4) is 0 Å². The van der Waals surface area contributed by atoms with Crippen molar-refractivity contribution in [3.05, 3.63) is 45.1 Å². The Balaban J connectivity index is 2.48. The predicted molar refractivity (Wildman–Crippen MR) is 83.9 cm³/mol. The summed E-state index contributed by atoms with van der Waals surface area (Å²) in [7, 11) is 0. The number of hydrogen-bond acceptors (Lipinski definition) is 4. The van der Waals surface area contributed by atoms with Gasteiger partial charge in [0.1, 0.15) is 10.7 Å². The van der Waals surface area contributed by atoms with Crippen LogP contribution in [0.15, 0.2) is 18.2 Å². The number of ether oxygens (including phenoxy) is 1. The lowest BCUT2D eigenvalue weighted by molar-refractivity contribution is 0.453. The Morgan fingerprint density at radius 1 is 1.25 bits per heavy atom. The van der Waals surface area contributed by atoms with Gasteiger partial charge in [-0.15, -0.1) is 5.10 Å². The van der Waals surface area contributed by atoms with Gasteiger partial charge in [0.05, 0.1) is 16.3 Å². The molecule has 4 nitrogen and oxygen atoms in total. The second-order valence-corrected chi connectivity index (χ2v) is 5.42. The number of rotatable bonds is 3. The van der Waals surface area contributed by atoms with Gasteiger partial charge in [0.25, 0.3) is 0 Å². The standard InChI is InChI=1S/C13H11Cl2N3OS/c1-6-7(2)17-18-13(11(6)12(16)20)19-10-4-3-8(14)5-9(10)15/h3-5H,1-2H3,(H2,16,20). The molecule has 1 heterocycles. The minimum Gasteiger partial charge on any atom is -0.435 e. The molecule has 7 heteroatoms. The van der Waals surface area contributed by atoms with Crippen LogP contribution in [0.2, 0.25) is 10.0 Å². The van der Waals surface area contributed by atoms with Crippen molar-refractivity contribution in [1.29, 1.82) is 0 Å². The van der Waals surface area contributed by atoms with E-state index in [1.54, 1.807) is 18.2 Å². The number of hydrogen-bond donors (Lipinski definition) is 1. The highest BCUT2D eigenvalue weighted by atomic mass is 35.5. The summed E-state index contributed by atoms with van der Waals surface area (Å²) in [6.07, 6.45) is 0. The monoisotopic (exact) mass is 327 g/mol. The van der Waals surface area contributed by atoms with Gasteiger partial charge in [0, 0.05) is 5.02 Å². The Labute approximate surface area is 131 Å². The third kappa shape index (κ3) is 3.00. The van der Waals surface area contributed by atoms with Crippen LogP contribution in [-0.4, -0.2) is 15.2 Å². The topological polar surface area (TPSA) is 61.0 Å². The quantitative estimate of drug-likeness (QED) is 0.868. The molecule has 0 aliphatic rings. The molecule has 0 aliphatic carbocycles. The molecule has 2 rings (SSSR count). The van der Waals surface area contributed by atoms with Gasteiger partial charge in [0.2, 0.25) is 5.88 Å². The summed E-state index contributed by atoms with van der Waals surface area (Å²) in [6, 6.07) is 4.88. The van der Waals surface area contributed by atoms with Crippen molar-refractivity contribution in [1.82, 2.24) is 10.2 Å². The Hall–Kier alpha value is -1.43. The summed E-state index contributed by atoms with van der Waals surface area (Å²) in [5.41, 5.74) is 7.85. The molecule has 104 valence electrons. The van der Waals surface area contributed by atoms with Gasteiger partial charge in [-0.1, -0.05) is 35.4 Å². The molecule has 0 fully saturated rings. The Bertz CT molecular complexity index is 692. The van der Waals surface area contributed by atoms with Gasteiger partial charge in [-0.25, -0.2) is 0 Å². The lowest BCUT2D eigenvalue weighted by Crippen LogP contribution is -2.15. The van der Waals surface area contributed by atoms with Crippen molar-refractivity contribution in [2.75, 3.05) is 0 Å². The van der Waals surface area contributed by atoms with Crippen LogP contribution in [0.5, 0.6) is 11.6 Å². The SMILES string of the molecule is Cc1nnc(Oc2ccc(Cl)cc2Cl)c(C(N)=S)c1C. The Kier molecular flexibility index (Phi) is 4.42. The van der Waals surface area contributed by atoms with Crippen LogP contribution in [0, 0.1) is 13.8 Å². The van der Waals surface area contributed by atoms with E-state index < -0.39 is 0 Å². The molecule has 0 amide bonds. The lowest BCUT2D eigenvalue weighted by atomic mass is 10.1. The van der Waals surface area contributed by atoms with Crippen LogP contribution in [0.25, 0.3) is 0 Å². The molecule has 20 heavy (non-hydrogen) atoms. The molecule has 0 saturated heterocycles. The maximum atomic E-state index is 6.06. The van der Waals surface area contributed by atoms with E-state index in [1.165, 1.54) is 0 Å². The molecule has 1 aromatic heterocycles. The van der Waals surface area contributed by atoms with Gasteiger partial charge in [-0.05, 0) is 37.6 Å². The minimum absolute atomic E-state index is 0.195. The second-order valence-electron chi connectivity index (χ2n) is 4.13. The zero-order valence-electron chi connectivity index (χ0n) is 10.8. The van der Waals surface area contributed by atoms with Gasteiger partial charge in [-0.2, -0.15) is 5.10 Å². The zero-order valence-corrected chi connectivity index (χ0v) is 13.1. The minimum atomic E-state index is 0.195. The third-order valence-corrected chi connectivity index (χ3v) is 3.50. The number of benzene rings is 1. The molecular weight excluding hydrogens is 317 g/mol. The zero-order chi connectivity index (χ0) is 14.9. The molecule has 0 spiro atoms. The first kappa shape index (κ1) is 15.0. The van der Waals surface area contributed by atoms with E-state index in [0.717, 1.165) is 11.3 Å². The molecule has 0 unspecified atom stereocenters. The molecule has 2 aromatic rings. The molecule has 0 bridgehead atoms. The molecule has 2 N–H and O–H groups in total. The summed E-state index contributed by atoms with van der Waals surface area (Å²) < 4.78 is 5.66. The van der Waals surface area contributed by atoms with E-state index in [0.29, 0.717) is 21.4 Å². The maximum Gasteiger partial charge on any atom is 0.249 e. The van der Waals surface area contributed by atoms with Crippen LogP contribution < -0.4 is 10.5 Å². The van der Waals surface area contributed by atoms with E-state index in [-0.39, 0.29) is 10.9 Å². The third-order valence-electron chi connectivity index (χ3n) is 2.77. The van der Waals surface area contributed by atoms with Crippen LogP contribution >= 0.6 is 35.4 Å². The van der Waals surface area contributed by atoms with Crippen molar-refractivity contribution in [3.63, 3.8) is 0 Å². The van der Waals surface area contributed by atoms with Crippen molar-refractivity contribution < 1.29 is 4.74 Å². The first-order chi connectivity index (χ1) is 9.40. The van der Waals surface area contributed by atoms with Gasteiger partial charge in [0.15, 0.2) is 0 Å². The highest BCUT2D eigenvalue weighted by Gasteiger charge is 2.16. The summed E-state index contributed by atoms with van der Waals surface area (Å²) in [4.78, 5) is 0.195. The molecule has 0 saturated carbocycles. The average molecular weight is 328 g/mol. The molecule has 0 aliphatic heterocycles. The number of halogens is 2. The number of nitrogens with zero attached hydrogens (tertiary/aromatic N) is 2. The largest absolute Gasteiger partial charge is 0.435 e. The number of aryl methyl sites for hydroxylation is 1. The molecule has 0 atom stereocenters. The van der Waals surface area contributed by atoms with Crippen molar-refractivity contribution in [2.45, 2.75) is 13.8 Å². The molecule has 0 radical (unpaired) electrons. The summed E-state index contributed by atoms with van der Waals surface area (Å²) in [5.74, 6) is 0.635. The summed E-state index contributed by atoms with van der Waals surface area (Å²) >= 11 is 16.9. The van der Waals surface area contributed by atoms with E-state index in [2.05, 4.69) is 10.2 Å². The van der Waals surface area contributed by atoms with E-state index >= 15 is 0 Å². The summed E-state index contributed by atoms with van der Waals surface area (Å²) in [6.45, 7) is 3.68. The number of nitrogens with two attached hydrogens (primary N) is 1. The highest BCUT2D eigenvalue weighted by Crippen LogP contribution is 2.32. The Morgan fingerprint density at radius 2 is 1.95 bits per heavy atom. The van der Waals surface area contributed by atoms with E-state index in [4.69, 9.17) is 45.9 Å². The predicted octanol–water partition coefficient (Wildman–Crippen LogP) is 3.83. The van der Waals surface area contributed by atoms with E-state index in [1.807, 2.05) is 13.8 Å². The summed E-state index contributed by atoms with van der Waals surface area (Å²) in [5, 5.41) is 8.88. The van der Waals surface area contributed by atoms with E-state index in [9.17, 15) is 0 Å². The van der Waals surface area contributed by atoms with Crippen molar-refractivity contribution in [2.24, 2.45) is 5.73 Å². The van der Waals surface area contributed by atoms with Crippen LogP contribution in [0.4, 0.5) is 0 Å². The van der Waals surface area contributed by atoms with Crippen molar-refractivity contribution >= 4 is 40.4 Å². The smallest absolute Gasteiger partial charge is 0.249 e. The number of aromatic nitrogens is 2. The first-order valence-corrected chi connectivity index (χ1v) is 6.83. The van der Waals surface area contributed by atoms with Gasteiger partial charge in [-0.3, -0.25) is 0 Å². The van der Waals surface area contributed by atoms with Gasteiger partial charge >= 0.3 is 0 Å². The van der Waals surface area contributed by atoms with Gasteiger partial charge < -0.3 is 10.5 Å². The number of thiocarbonyl (C=S) groups is 1. The second kappa shape index (κ2) is 5.91. The van der Waals surface area contributed by atoms with Crippen LogP contribution in [-0.2, 0) is 0 Å². The normalized spacial score (nSPS) is 10.4. The fourth-order valence-corrected chi connectivity index (χ4v) is 2.30. The fraction of sp³-hybridized carbons (Fsp3) is 0.154. The maximum absolute atomic E-state index is 6.06. The first-order valence-electron chi connectivity index (χ1n) is 5.66. The van der Waals surface area contributed by atoms with Crippen molar-refractivity contribution in [3.8, 4) is 11.6 Å².